The van der Waals surface area contributed by atoms with E-state index in [0.717, 1.165) is 15.6 Å². The van der Waals surface area contributed by atoms with E-state index in [4.69, 9.17) is 30.5 Å². The van der Waals surface area contributed by atoms with Gasteiger partial charge in [-0.1, -0.05) is 60.1 Å². The predicted octanol–water partition coefficient (Wildman–Crippen LogP) is 6.89. The van der Waals surface area contributed by atoms with E-state index >= 15 is 0 Å². The third kappa shape index (κ3) is 7.25. The molecule has 0 spiro atoms. The van der Waals surface area contributed by atoms with Crippen molar-refractivity contribution in [2.45, 2.75) is 6.61 Å². The number of carbonyl (C=O) groups excluding carboxylic acids is 2. The fourth-order valence-corrected chi connectivity index (χ4v) is 5.26. The fourth-order valence-electron chi connectivity index (χ4n) is 3.87. The molecule has 0 aliphatic rings. The Balaban J connectivity index is 1.10. The molecule has 1 amide bonds. The second kappa shape index (κ2) is 13.7. The van der Waals surface area contributed by atoms with Crippen molar-refractivity contribution in [2.24, 2.45) is 5.10 Å². The van der Waals surface area contributed by atoms with Crippen LogP contribution in [0, 0.1) is 0 Å². The largest absolute Gasteiger partial charge is 0.493 e. The van der Waals surface area contributed by atoms with E-state index in [9.17, 15) is 9.59 Å². The summed E-state index contributed by atoms with van der Waals surface area (Å²) in [5.41, 5.74) is 4.10. The summed E-state index contributed by atoms with van der Waals surface area (Å²) in [4.78, 5) is 25.3. The molecule has 0 aliphatic carbocycles. The van der Waals surface area contributed by atoms with Crippen molar-refractivity contribution in [1.82, 2.24) is 5.43 Å². The number of hydrogen-bond donors (Lipinski definition) is 1. The highest BCUT2D eigenvalue weighted by Crippen LogP contribution is 2.37. The Morgan fingerprint density at radius 2 is 1.60 bits per heavy atom. The molecule has 0 radical (unpaired) electrons. The van der Waals surface area contributed by atoms with Crippen LogP contribution in [0.5, 0.6) is 23.0 Å². The Kier molecular flexibility index (Phi) is 9.33. The number of thiophene rings is 1. The summed E-state index contributed by atoms with van der Waals surface area (Å²) in [6, 6.07) is 29.2. The fraction of sp³-hybridized carbons (Fsp3) is 0.0938. The lowest BCUT2D eigenvalue weighted by atomic mass is 10.2. The van der Waals surface area contributed by atoms with Gasteiger partial charge in [0.25, 0.3) is 5.91 Å². The van der Waals surface area contributed by atoms with E-state index in [0.29, 0.717) is 39.3 Å². The van der Waals surface area contributed by atoms with Crippen molar-refractivity contribution in [3.05, 3.63) is 118 Å². The molecule has 10 heteroatoms. The van der Waals surface area contributed by atoms with Gasteiger partial charge in [0, 0.05) is 10.1 Å². The van der Waals surface area contributed by atoms with Crippen LogP contribution in [0.15, 0.2) is 102 Å². The lowest BCUT2D eigenvalue weighted by Crippen LogP contribution is -2.24. The summed E-state index contributed by atoms with van der Waals surface area (Å²) < 4.78 is 23.1. The molecule has 212 valence electrons. The van der Waals surface area contributed by atoms with Gasteiger partial charge >= 0.3 is 5.97 Å². The molecule has 0 atom stereocenters. The van der Waals surface area contributed by atoms with Crippen molar-refractivity contribution in [3.8, 4) is 23.0 Å². The van der Waals surface area contributed by atoms with Crippen LogP contribution >= 0.6 is 22.9 Å². The van der Waals surface area contributed by atoms with Crippen LogP contribution in [-0.2, 0) is 11.4 Å². The van der Waals surface area contributed by atoms with Crippen LogP contribution in [0.25, 0.3) is 10.1 Å². The highest BCUT2D eigenvalue weighted by Gasteiger charge is 2.20. The Bertz CT molecular complexity index is 1720. The number of nitrogens with one attached hydrogen (secondary N) is 1. The highest BCUT2D eigenvalue weighted by atomic mass is 35.5. The highest BCUT2D eigenvalue weighted by molar-refractivity contribution is 7.21. The zero-order chi connectivity index (χ0) is 29.3. The summed E-state index contributed by atoms with van der Waals surface area (Å²) in [7, 11) is 1.46. The number of methoxy groups -OCH3 is 1. The standard InChI is InChI=1S/C32H25ClN2O6S/c1-38-27-17-22(11-16-26(27)41-32(37)31-30(33)25-9-5-6-10-28(25)42-31)18-34-35-29(36)20-40-24-14-12-23(13-15-24)39-19-21-7-3-2-4-8-21/h2-18H,19-20H2,1H3,(H,35,36)/b34-18+. The molecule has 8 nitrogen and oxygen atoms in total. The molecule has 0 aliphatic heterocycles. The van der Waals surface area contributed by atoms with Gasteiger partial charge in [-0.15, -0.1) is 11.3 Å². The Morgan fingerprint density at radius 3 is 2.33 bits per heavy atom. The van der Waals surface area contributed by atoms with Crippen molar-refractivity contribution < 1.29 is 28.5 Å². The Morgan fingerprint density at radius 1 is 0.881 bits per heavy atom. The zero-order valence-corrected chi connectivity index (χ0v) is 24.0. The van der Waals surface area contributed by atoms with Crippen LogP contribution in [0.4, 0.5) is 0 Å². The van der Waals surface area contributed by atoms with E-state index in [1.54, 1.807) is 42.5 Å². The van der Waals surface area contributed by atoms with Crippen molar-refractivity contribution in [3.63, 3.8) is 0 Å². The summed E-state index contributed by atoms with van der Waals surface area (Å²) in [6.07, 6.45) is 1.44. The van der Waals surface area contributed by atoms with Crippen LogP contribution in [0.1, 0.15) is 20.8 Å². The molecule has 42 heavy (non-hydrogen) atoms. The number of nitrogens with zero attached hydrogens (tertiary/aromatic N) is 1. The molecule has 0 unspecified atom stereocenters. The van der Waals surface area contributed by atoms with Crippen LogP contribution in [0.2, 0.25) is 5.02 Å². The van der Waals surface area contributed by atoms with Crippen LogP contribution in [0.3, 0.4) is 0 Å². The minimum absolute atomic E-state index is 0.222. The molecule has 0 fully saturated rings. The van der Waals surface area contributed by atoms with E-state index in [2.05, 4.69) is 10.5 Å². The number of hydrogen-bond acceptors (Lipinski definition) is 8. The predicted molar refractivity (Wildman–Crippen MR) is 163 cm³/mol. The average Bonchev–Trinajstić information content (AvgIpc) is 3.37. The average molecular weight is 601 g/mol. The number of esters is 1. The topological polar surface area (TPSA) is 95.5 Å². The van der Waals surface area contributed by atoms with Gasteiger partial charge in [-0.25, -0.2) is 10.2 Å². The normalized spacial score (nSPS) is 10.9. The second-order valence-electron chi connectivity index (χ2n) is 8.87. The van der Waals surface area contributed by atoms with E-state index in [-0.39, 0.29) is 12.4 Å². The summed E-state index contributed by atoms with van der Waals surface area (Å²) in [5, 5.41) is 5.12. The Hall–Kier alpha value is -4.86. The van der Waals surface area contributed by atoms with Gasteiger partial charge in [0.05, 0.1) is 18.3 Å². The number of fused-ring (bicyclic) bond motifs is 1. The molecular weight excluding hydrogens is 576 g/mol. The van der Waals surface area contributed by atoms with Crippen LogP contribution < -0.4 is 24.4 Å². The SMILES string of the molecule is COc1cc(/C=N/NC(=O)COc2ccc(OCc3ccccc3)cc2)ccc1OC(=O)c1sc2ccccc2c1Cl. The zero-order valence-electron chi connectivity index (χ0n) is 22.4. The molecular formula is C32H25ClN2O6S. The summed E-state index contributed by atoms with van der Waals surface area (Å²) >= 11 is 7.67. The third-order valence-electron chi connectivity index (χ3n) is 5.96. The molecule has 5 rings (SSSR count). The number of ether oxygens (including phenoxy) is 4. The molecule has 1 aromatic heterocycles. The maximum Gasteiger partial charge on any atom is 0.355 e. The van der Waals surface area contributed by atoms with Crippen molar-refractivity contribution in [2.75, 3.05) is 13.7 Å². The number of benzene rings is 4. The van der Waals surface area contributed by atoms with Gasteiger partial charge in [0.15, 0.2) is 18.1 Å². The molecule has 1 N–H and O–H groups in total. The van der Waals surface area contributed by atoms with Crippen LogP contribution in [-0.4, -0.2) is 31.8 Å². The first-order chi connectivity index (χ1) is 20.5. The van der Waals surface area contributed by atoms with Gasteiger partial charge in [0.2, 0.25) is 0 Å². The molecule has 0 bridgehead atoms. The lowest BCUT2D eigenvalue weighted by molar-refractivity contribution is -0.123. The van der Waals surface area contributed by atoms with E-state index in [1.165, 1.54) is 24.7 Å². The number of carbonyl (C=O) groups is 2. The van der Waals surface area contributed by atoms with Gasteiger partial charge in [-0.3, -0.25) is 4.79 Å². The smallest absolute Gasteiger partial charge is 0.355 e. The summed E-state index contributed by atoms with van der Waals surface area (Å²) in [6.45, 7) is 0.239. The number of rotatable bonds is 11. The maximum atomic E-state index is 12.8. The first kappa shape index (κ1) is 28.7. The first-order valence-corrected chi connectivity index (χ1v) is 14.0. The number of amides is 1. The summed E-state index contributed by atoms with van der Waals surface area (Å²) in [5.74, 6) is 0.738. The van der Waals surface area contributed by atoms with Gasteiger partial charge in [-0.05, 0) is 59.7 Å². The van der Waals surface area contributed by atoms with Gasteiger partial charge in [0.1, 0.15) is 23.0 Å². The lowest BCUT2D eigenvalue weighted by Gasteiger charge is -2.09. The Labute approximate surface area is 251 Å². The first-order valence-electron chi connectivity index (χ1n) is 12.8. The molecule has 0 saturated carbocycles. The van der Waals surface area contributed by atoms with E-state index < -0.39 is 11.9 Å². The molecule has 4 aromatic carbocycles. The minimum atomic E-state index is -0.581. The monoisotopic (exact) mass is 600 g/mol. The maximum absolute atomic E-state index is 12.8. The quantitative estimate of drug-likeness (QED) is 0.0768. The van der Waals surface area contributed by atoms with E-state index in [1.807, 2.05) is 54.6 Å². The van der Waals surface area contributed by atoms with Crippen molar-refractivity contribution >= 4 is 51.1 Å². The molecule has 5 aromatic rings. The molecule has 1 heterocycles. The number of halogens is 1. The molecule has 0 saturated heterocycles. The second-order valence-corrected chi connectivity index (χ2v) is 10.3. The third-order valence-corrected chi connectivity index (χ3v) is 7.61. The van der Waals surface area contributed by atoms with Gasteiger partial charge < -0.3 is 18.9 Å². The van der Waals surface area contributed by atoms with Gasteiger partial charge in [-0.2, -0.15) is 5.10 Å². The van der Waals surface area contributed by atoms with Crippen molar-refractivity contribution in [1.29, 1.82) is 0 Å². The number of hydrazone groups is 1. The minimum Gasteiger partial charge on any atom is -0.493 e.